The van der Waals surface area contributed by atoms with Gasteiger partial charge in [-0.3, -0.25) is 4.79 Å². The molecule has 6 nitrogen and oxygen atoms in total. The number of rotatable bonds is 8. The number of likely N-dealkylation sites (N-methyl/N-ethyl adjacent to an activating group) is 1. The summed E-state index contributed by atoms with van der Waals surface area (Å²) in [6.45, 7) is 4.12. The van der Waals surface area contributed by atoms with Crippen molar-refractivity contribution in [2.24, 2.45) is 5.16 Å². The highest BCUT2D eigenvalue weighted by Crippen LogP contribution is 2.35. The van der Waals surface area contributed by atoms with E-state index in [2.05, 4.69) is 16.0 Å². The van der Waals surface area contributed by atoms with Crippen LogP contribution in [0.15, 0.2) is 35.5 Å². The Bertz CT molecular complexity index is 1060. The van der Waals surface area contributed by atoms with E-state index < -0.39 is 46.1 Å². The van der Waals surface area contributed by atoms with Crippen LogP contribution in [0, 0.1) is 18.6 Å². The molecule has 0 saturated heterocycles. The van der Waals surface area contributed by atoms with Crippen LogP contribution >= 0.6 is 0 Å². The zero-order valence-electron chi connectivity index (χ0n) is 18.7. The Morgan fingerprint density at radius 3 is 2.33 bits per heavy atom. The maximum absolute atomic E-state index is 14.2. The fourth-order valence-corrected chi connectivity index (χ4v) is 3.46. The largest absolute Gasteiger partial charge is 0.419 e. The van der Waals surface area contributed by atoms with Crippen LogP contribution in [0.3, 0.4) is 0 Å². The lowest BCUT2D eigenvalue weighted by atomic mass is 9.86. The van der Waals surface area contributed by atoms with Crippen molar-refractivity contribution in [2.45, 2.75) is 39.1 Å². The van der Waals surface area contributed by atoms with E-state index in [0.717, 1.165) is 6.92 Å². The zero-order valence-corrected chi connectivity index (χ0v) is 18.7. The van der Waals surface area contributed by atoms with Crippen molar-refractivity contribution in [1.82, 2.24) is 10.8 Å². The van der Waals surface area contributed by atoms with Crippen LogP contribution in [0.4, 0.5) is 22.0 Å². The maximum Gasteiger partial charge on any atom is 0.419 e. The molecular weight excluding hydrogens is 449 g/mol. The highest BCUT2D eigenvalue weighted by atomic mass is 19.4. The third kappa shape index (κ3) is 5.48. The smallest absolute Gasteiger partial charge is 0.391 e. The van der Waals surface area contributed by atoms with Gasteiger partial charge < -0.3 is 15.0 Å². The Labute approximate surface area is 187 Å². The number of amides is 1. The van der Waals surface area contributed by atoms with E-state index in [9.17, 15) is 26.7 Å². The summed E-state index contributed by atoms with van der Waals surface area (Å²) in [6, 6.07) is 6.09. The van der Waals surface area contributed by atoms with Crippen molar-refractivity contribution < 1.29 is 36.4 Å². The van der Waals surface area contributed by atoms with Crippen LogP contribution in [0.25, 0.3) is 0 Å². The van der Waals surface area contributed by atoms with Crippen molar-refractivity contribution in [3.05, 3.63) is 69.8 Å². The van der Waals surface area contributed by atoms with Gasteiger partial charge in [-0.1, -0.05) is 23.4 Å². The lowest BCUT2D eigenvalue weighted by Gasteiger charge is -2.30. The summed E-state index contributed by atoms with van der Waals surface area (Å²) < 4.78 is 67.9. The third-order valence-corrected chi connectivity index (χ3v) is 5.10. The molecule has 1 atom stereocenters. The molecule has 0 aliphatic heterocycles. The lowest BCUT2D eigenvalue weighted by Crippen LogP contribution is -2.51. The van der Waals surface area contributed by atoms with Gasteiger partial charge in [-0.25, -0.2) is 8.78 Å². The summed E-state index contributed by atoms with van der Waals surface area (Å²) in [5.74, 6) is -3.34. The minimum Gasteiger partial charge on any atom is -0.391 e. The Morgan fingerprint density at radius 2 is 1.76 bits per heavy atom. The second kappa shape index (κ2) is 10.3. The zero-order chi connectivity index (χ0) is 25.0. The highest BCUT2D eigenvalue weighted by Gasteiger charge is 2.39. The van der Waals surface area contributed by atoms with Crippen molar-refractivity contribution >= 4 is 11.6 Å². The van der Waals surface area contributed by atoms with Crippen molar-refractivity contribution in [3.63, 3.8) is 0 Å². The van der Waals surface area contributed by atoms with Crippen LogP contribution in [-0.4, -0.2) is 25.8 Å². The Kier molecular flexibility index (Phi) is 8.15. The second-order valence-corrected chi connectivity index (χ2v) is 7.34. The fourth-order valence-electron chi connectivity index (χ4n) is 3.46. The number of oxime groups is 1. The van der Waals surface area contributed by atoms with E-state index in [-0.39, 0.29) is 6.61 Å². The standard InChI is InChI=1S/C22H24F5N3O3/c1-12-7-6-8-15(21(3,30-32-5)20(31)28-4)14(12)11-33-29-13(2)18-16(23)9-10-17(24)19(18)22(25,26)27/h6-10,30H,11H2,1-5H3,(H,28,31)/b29-13+. The Morgan fingerprint density at radius 1 is 1.12 bits per heavy atom. The number of carbonyl (C=O) groups is 1. The molecule has 33 heavy (non-hydrogen) atoms. The summed E-state index contributed by atoms with van der Waals surface area (Å²) in [6.07, 6.45) is -5.14. The van der Waals surface area contributed by atoms with E-state index in [1.165, 1.54) is 14.2 Å². The van der Waals surface area contributed by atoms with Gasteiger partial charge in [-0.2, -0.15) is 18.7 Å². The molecule has 180 valence electrons. The molecule has 2 rings (SSSR count). The Hall–Kier alpha value is -3.05. The summed E-state index contributed by atoms with van der Waals surface area (Å²) >= 11 is 0. The first-order valence-corrected chi connectivity index (χ1v) is 9.71. The molecule has 11 heteroatoms. The summed E-state index contributed by atoms with van der Waals surface area (Å²) in [5, 5.41) is 6.13. The first kappa shape index (κ1) is 26.2. The molecule has 2 aromatic rings. The summed E-state index contributed by atoms with van der Waals surface area (Å²) in [4.78, 5) is 22.8. The molecule has 0 radical (unpaired) electrons. The van der Waals surface area contributed by atoms with Crippen LogP contribution in [0.1, 0.15) is 41.7 Å². The van der Waals surface area contributed by atoms with Crippen molar-refractivity contribution in [3.8, 4) is 0 Å². The molecule has 1 unspecified atom stereocenters. The van der Waals surface area contributed by atoms with Crippen LogP contribution < -0.4 is 10.8 Å². The van der Waals surface area contributed by atoms with Gasteiger partial charge in [0, 0.05) is 12.6 Å². The van der Waals surface area contributed by atoms with E-state index in [0.29, 0.717) is 28.8 Å². The van der Waals surface area contributed by atoms with Gasteiger partial charge in [0.2, 0.25) is 5.91 Å². The van der Waals surface area contributed by atoms with Gasteiger partial charge in [0.25, 0.3) is 0 Å². The van der Waals surface area contributed by atoms with E-state index in [4.69, 9.17) is 9.68 Å². The number of nitrogens with one attached hydrogen (secondary N) is 2. The predicted octanol–water partition coefficient (Wildman–Crippen LogP) is 4.35. The average molecular weight is 473 g/mol. The van der Waals surface area contributed by atoms with E-state index in [1.807, 2.05) is 0 Å². The van der Waals surface area contributed by atoms with Gasteiger partial charge in [-0.15, -0.1) is 0 Å². The third-order valence-electron chi connectivity index (χ3n) is 5.10. The van der Waals surface area contributed by atoms with Crippen LogP contribution in [-0.2, 0) is 32.8 Å². The predicted molar refractivity (Wildman–Crippen MR) is 111 cm³/mol. The SMILES string of the molecule is CNC(=O)C(C)(NOC)c1cccc(C)c1CO/N=C(\C)c1c(F)ccc(F)c1C(F)(F)F. The molecule has 1 amide bonds. The maximum atomic E-state index is 14.2. The van der Waals surface area contributed by atoms with Crippen LogP contribution in [0.2, 0.25) is 0 Å². The number of hydrogen-bond donors (Lipinski definition) is 2. The second-order valence-electron chi connectivity index (χ2n) is 7.34. The fraction of sp³-hybridized carbons (Fsp3) is 0.364. The van der Waals surface area contributed by atoms with Crippen molar-refractivity contribution in [2.75, 3.05) is 14.2 Å². The summed E-state index contributed by atoms with van der Waals surface area (Å²) in [5.41, 5.74) is -0.350. The molecule has 0 aromatic heterocycles. The quantitative estimate of drug-likeness (QED) is 0.340. The number of benzene rings is 2. The lowest BCUT2D eigenvalue weighted by molar-refractivity contribution is -0.140. The molecule has 0 bridgehead atoms. The first-order chi connectivity index (χ1) is 15.4. The van der Waals surface area contributed by atoms with Crippen molar-refractivity contribution in [1.29, 1.82) is 0 Å². The number of aryl methyl sites for hydroxylation is 1. The monoisotopic (exact) mass is 473 g/mol. The average Bonchev–Trinajstić information content (AvgIpc) is 2.74. The number of nitrogens with zero attached hydrogens (tertiary/aromatic N) is 1. The molecule has 0 heterocycles. The summed E-state index contributed by atoms with van der Waals surface area (Å²) in [7, 11) is 2.79. The van der Waals surface area contributed by atoms with Gasteiger partial charge in [-0.05, 0) is 44.0 Å². The molecule has 0 spiro atoms. The van der Waals surface area contributed by atoms with Crippen LogP contribution in [0.5, 0.6) is 0 Å². The first-order valence-electron chi connectivity index (χ1n) is 9.71. The molecular formula is C22H24F5N3O3. The van der Waals surface area contributed by atoms with E-state index >= 15 is 0 Å². The van der Waals surface area contributed by atoms with Gasteiger partial charge >= 0.3 is 6.18 Å². The number of hydroxylamine groups is 1. The number of alkyl halides is 3. The minimum absolute atomic E-state index is 0.268. The normalized spacial score (nSPS) is 14.1. The van der Waals surface area contributed by atoms with E-state index in [1.54, 1.807) is 32.0 Å². The Balaban J connectivity index is 2.45. The van der Waals surface area contributed by atoms with Gasteiger partial charge in [0.15, 0.2) is 0 Å². The molecule has 2 N–H and O–H groups in total. The number of hydrogen-bond acceptors (Lipinski definition) is 5. The van der Waals surface area contributed by atoms with Gasteiger partial charge in [0.1, 0.15) is 29.3 Å². The molecule has 0 fully saturated rings. The molecule has 0 aliphatic rings. The molecule has 0 aliphatic carbocycles. The number of carbonyl (C=O) groups excluding carboxylic acids is 1. The topological polar surface area (TPSA) is 72.0 Å². The van der Waals surface area contributed by atoms with Gasteiger partial charge in [0.05, 0.1) is 18.4 Å². The highest BCUT2D eigenvalue weighted by molar-refractivity contribution is 6.00. The molecule has 0 saturated carbocycles. The molecule has 2 aromatic carbocycles. The number of halogens is 5. The minimum atomic E-state index is -5.14.